The lowest BCUT2D eigenvalue weighted by molar-refractivity contribution is -0.135. The maximum absolute atomic E-state index is 12.9. The Kier molecular flexibility index (Phi) is 7.91. The summed E-state index contributed by atoms with van der Waals surface area (Å²) in [6.07, 6.45) is 4.94. The molecule has 9 nitrogen and oxygen atoms in total. The van der Waals surface area contributed by atoms with Crippen LogP contribution in [0.2, 0.25) is 0 Å². The minimum absolute atomic E-state index is 0.218. The number of carbonyl (C=O) groups is 3. The molecule has 166 valence electrons. The van der Waals surface area contributed by atoms with E-state index in [0.29, 0.717) is 30.8 Å². The first-order valence-electron chi connectivity index (χ1n) is 10.5. The van der Waals surface area contributed by atoms with Gasteiger partial charge in [0, 0.05) is 31.1 Å². The normalized spacial score (nSPS) is 15.5. The van der Waals surface area contributed by atoms with Crippen molar-refractivity contribution in [2.45, 2.75) is 38.1 Å². The van der Waals surface area contributed by atoms with Crippen LogP contribution in [0.1, 0.15) is 42.6 Å². The fraction of sp³-hybridized carbons (Fsp3) is 0.455. The largest absolute Gasteiger partial charge is 0.394 e. The molecule has 0 aliphatic carbocycles. The maximum atomic E-state index is 12.9. The molecule has 4 N–H and O–H groups in total. The number of aliphatic hydroxyl groups excluding tert-OH is 1. The molecule has 1 fully saturated rings. The van der Waals surface area contributed by atoms with E-state index in [1.165, 1.54) is 0 Å². The molecule has 2 heterocycles. The number of nitrogens with zero attached hydrogens (tertiary/aromatic N) is 2. The number of carbonyl (C=O) groups excluding carboxylic acids is 3. The quantitative estimate of drug-likeness (QED) is 0.369. The Hall–Kier alpha value is -3.04. The minimum Gasteiger partial charge on any atom is -0.394 e. The summed E-state index contributed by atoms with van der Waals surface area (Å²) in [5.41, 5.74) is 1.84. The molecule has 1 aliphatic heterocycles. The van der Waals surface area contributed by atoms with Gasteiger partial charge in [-0.3, -0.25) is 24.6 Å². The number of pyridine rings is 1. The van der Waals surface area contributed by atoms with Gasteiger partial charge in [0.1, 0.15) is 11.7 Å². The van der Waals surface area contributed by atoms with Crippen LogP contribution in [-0.4, -0.2) is 63.7 Å². The van der Waals surface area contributed by atoms with Gasteiger partial charge in [-0.2, -0.15) is 0 Å². The molecule has 1 atom stereocenters. The van der Waals surface area contributed by atoms with Gasteiger partial charge in [0.25, 0.3) is 5.91 Å². The number of aliphatic hydroxyl groups is 1. The second-order valence-electron chi connectivity index (χ2n) is 7.79. The van der Waals surface area contributed by atoms with Gasteiger partial charge in [-0.25, -0.2) is 5.48 Å². The smallest absolute Gasteiger partial charge is 0.271 e. The number of hydrogen-bond donors (Lipinski definition) is 4. The van der Waals surface area contributed by atoms with Crippen molar-refractivity contribution >= 4 is 28.5 Å². The number of benzene rings is 1. The molecule has 1 aliphatic rings. The van der Waals surface area contributed by atoms with Crippen molar-refractivity contribution in [2.75, 3.05) is 19.7 Å². The van der Waals surface area contributed by atoms with E-state index in [2.05, 4.69) is 10.3 Å². The number of hydroxylamine groups is 1. The molecular formula is C22H28N4O5. The fourth-order valence-corrected chi connectivity index (χ4v) is 3.98. The highest BCUT2D eigenvalue weighted by Gasteiger charge is 2.29. The first kappa shape index (κ1) is 22.6. The zero-order valence-electron chi connectivity index (χ0n) is 17.3. The Balaban J connectivity index is 1.55. The highest BCUT2D eigenvalue weighted by molar-refractivity contribution is 6.06. The van der Waals surface area contributed by atoms with Crippen molar-refractivity contribution < 1.29 is 24.7 Å². The molecule has 3 amide bonds. The van der Waals surface area contributed by atoms with Crippen molar-refractivity contribution in [3.63, 3.8) is 0 Å². The highest BCUT2D eigenvalue weighted by atomic mass is 16.5. The van der Waals surface area contributed by atoms with Crippen LogP contribution in [0.5, 0.6) is 0 Å². The van der Waals surface area contributed by atoms with Crippen LogP contribution in [0, 0.1) is 5.92 Å². The highest BCUT2D eigenvalue weighted by Crippen LogP contribution is 2.23. The Morgan fingerprint density at radius 3 is 2.61 bits per heavy atom. The van der Waals surface area contributed by atoms with E-state index >= 15 is 0 Å². The lowest BCUT2D eigenvalue weighted by atomic mass is 9.91. The minimum atomic E-state index is -1.03. The van der Waals surface area contributed by atoms with Crippen LogP contribution in [0.25, 0.3) is 10.8 Å². The standard InChI is InChI=1S/C22H28N4O5/c27-14-18(24-21(29)20-17-6-2-1-5-16(17)8-11-23-20)22(30)26-12-9-15(10-13-26)4-3-7-19(28)25-31/h1-2,5-6,8,11,15,18,27,31H,3-4,7,9-10,12-14H2,(H,24,29)(H,25,28)/t18-/m0/s1. The second kappa shape index (κ2) is 10.8. The molecule has 1 aromatic heterocycles. The van der Waals surface area contributed by atoms with Gasteiger partial charge >= 0.3 is 0 Å². The third-order valence-corrected chi connectivity index (χ3v) is 5.74. The van der Waals surface area contributed by atoms with Gasteiger partial charge in [-0.15, -0.1) is 0 Å². The van der Waals surface area contributed by atoms with Gasteiger partial charge in [-0.1, -0.05) is 24.3 Å². The molecule has 1 aromatic carbocycles. The molecule has 9 heteroatoms. The lowest BCUT2D eigenvalue weighted by Gasteiger charge is -2.34. The predicted octanol–water partition coefficient (Wildman–Crippen LogP) is 1.24. The van der Waals surface area contributed by atoms with Gasteiger partial charge < -0.3 is 15.3 Å². The first-order chi connectivity index (χ1) is 15.0. The summed E-state index contributed by atoms with van der Waals surface area (Å²) in [6, 6.07) is 8.13. The molecule has 0 bridgehead atoms. The van der Waals surface area contributed by atoms with Crippen molar-refractivity contribution in [3.8, 4) is 0 Å². The van der Waals surface area contributed by atoms with Crippen molar-refractivity contribution in [1.82, 2.24) is 20.7 Å². The van der Waals surface area contributed by atoms with Crippen LogP contribution in [0.15, 0.2) is 36.5 Å². The average Bonchev–Trinajstić information content (AvgIpc) is 2.81. The summed E-state index contributed by atoms with van der Waals surface area (Å²) in [7, 11) is 0. The van der Waals surface area contributed by atoms with Crippen LogP contribution < -0.4 is 10.8 Å². The number of likely N-dealkylation sites (tertiary alicyclic amines) is 1. The molecule has 0 spiro atoms. The van der Waals surface area contributed by atoms with Crippen LogP contribution in [-0.2, 0) is 9.59 Å². The Bertz CT molecular complexity index is 922. The van der Waals surface area contributed by atoms with Crippen LogP contribution >= 0.6 is 0 Å². The first-order valence-corrected chi connectivity index (χ1v) is 10.5. The summed E-state index contributed by atoms with van der Waals surface area (Å²) >= 11 is 0. The molecule has 0 radical (unpaired) electrons. The van der Waals surface area contributed by atoms with Gasteiger partial charge in [0.05, 0.1) is 6.61 Å². The fourth-order valence-electron chi connectivity index (χ4n) is 3.98. The third kappa shape index (κ3) is 5.77. The number of piperidine rings is 1. The van der Waals surface area contributed by atoms with Crippen molar-refractivity contribution in [3.05, 3.63) is 42.2 Å². The van der Waals surface area contributed by atoms with E-state index in [1.54, 1.807) is 28.7 Å². The topological polar surface area (TPSA) is 132 Å². The van der Waals surface area contributed by atoms with Gasteiger partial charge in [0.15, 0.2) is 0 Å². The van der Waals surface area contributed by atoms with Crippen LogP contribution in [0.4, 0.5) is 0 Å². The maximum Gasteiger partial charge on any atom is 0.271 e. The summed E-state index contributed by atoms with van der Waals surface area (Å²) in [4.78, 5) is 42.5. The number of amides is 3. The van der Waals surface area contributed by atoms with Crippen molar-refractivity contribution in [1.29, 1.82) is 0 Å². The number of hydrogen-bond acceptors (Lipinski definition) is 6. The summed E-state index contributed by atoms with van der Waals surface area (Å²) < 4.78 is 0. The van der Waals surface area contributed by atoms with Crippen molar-refractivity contribution in [2.24, 2.45) is 5.92 Å². The summed E-state index contributed by atoms with van der Waals surface area (Å²) in [6.45, 7) is 0.578. The molecule has 0 unspecified atom stereocenters. The van der Waals surface area contributed by atoms with Gasteiger partial charge in [-0.05, 0) is 43.1 Å². The Morgan fingerprint density at radius 1 is 1.16 bits per heavy atom. The number of aromatic nitrogens is 1. The van der Waals surface area contributed by atoms with E-state index in [-0.39, 0.29) is 18.0 Å². The number of rotatable bonds is 8. The summed E-state index contributed by atoms with van der Waals surface area (Å²) in [5, 5.41) is 22.4. The Morgan fingerprint density at radius 2 is 1.90 bits per heavy atom. The van der Waals surface area contributed by atoms with E-state index < -0.39 is 24.5 Å². The van der Waals surface area contributed by atoms with E-state index in [4.69, 9.17) is 5.21 Å². The van der Waals surface area contributed by atoms with E-state index in [1.807, 2.05) is 18.2 Å². The molecule has 0 saturated carbocycles. The Labute approximate surface area is 180 Å². The van der Waals surface area contributed by atoms with E-state index in [9.17, 15) is 19.5 Å². The monoisotopic (exact) mass is 428 g/mol. The second-order valence-corrected chi connectivity index (χ2v) is 7.79. The molecule has 31 heavy (non-hydrogen) atoms. The average molecular weight is 428 g/mol. The zero-order chi connectivity index (χ0) is 22.2. The van der Waals surface area contributed by atoms with Gasteiger partial charge in [0.2, 0.25) is 11.8 Å². The third-order valence-electron chi connectivity index (χ3n) is 5.74. The number of fused-ring (bicyclic) bond motifs is 1. The lowest BCUT2D eigenvalue weighted by Crippen LogP contribution is -2.52. The molecule has 1 saturated heterocycles. The van der Waals surface area contributed by atoms with Crippen LogP contribution in [0.3, 0.4) is 0 Å². The summed E-state index contributed by atoms with van der Waals surface area (Å²) in [5.74, 6) is -0.803. The molecule has 3 rings (SSSR count). The van der Waals surface area contributed by atoms with E-state index in [0.717, 1.165) is 24.6 Å². The molecular weight excluding hydrogens is 400 g/mol. The zero-order valence-corrected chi connectivity index (χ0v) is 17.3. The number of nitrogens with one attached hydrogen (secondary N) is 2. The molecule has 2 aromatic rings. The SMILES string of the molecule is O=C(CCCC1CCN(C(=O)[C@H](CO)NC(=O)c2nccc3ccccc23)CC1)NO. The predicted molar refractivity (Wildman–Crippen MR) is 113 cm³/mol.